The lowest BCUT2D eigenvalue weighted by atomic mass is 10.1. The van der Waals surface area contributed by atoms with Gasteiger partial charge in [-0.2, -0.15) is 5.26 Å². The molecule has 0 saturated heterocycles. The van der Waals surface area contributed by atoms with E-state index in [-0.39, 0.29) is 18.1 Å². The van der Waals surface area contributed by atoms with Crippen LogP contribution in [0.2, 0.25) is 0 Å². The zero-order valence-corrected chi connectivity index (χ0v) is 14.6. The number of benzene rings is 2. The zero-order valence-electron chi connectivity index (χ0n) is 14.6. The van der Waals surface area contributed by atoms with Crippen molar-refractivity contribution in [2.45, 2.75) is 20.4 Å². The predicted octanol–water partition coefficient (Wildman–Crippen LogP) is 2.99. The van der Waals surface area contributed by atoms with Crippen molar-refractivity contribution >= 4 is 11.9 Å². The Morgan fingerprint density at radius 2 is 1.92 bits per heavy atom. The molecule has 0 aliphatic carbocycles. The second-order valence-electron chi connectivity index (χ2n) is 5.95. The summed E-state index contributed by atoms with van der Waals surface area (Å²) >= 11 is 0. The van der Waals surface area contributed by atoms with Crippen molar-refractivity contribution in [2.24, 2.45) is 0 Å². The smallest absolute Gasteiger partial charge is 0.338 e. The maximum atomic E-state index is 12.2. The molecule has 2 aromatic rings. The molecule has 0 aliphatic heterocycles. The van der Waals surface area contributed by atoms with Gasteiger partial charge < -0.3 is 9.64 Å². The summed E-state index contributed by atoms with van der Waals surface area (Å²) in [5.41, 5.74) is 3.96. The highest BCUT2D eigenvalue weighted by molar-refractivity contribution is 5.91. The summed E-state index contributed by atoms with van der Waals surface area (Å²) in [6.45, 7) is 4.14. The fourth-order valence-corrected chi connectivity index (χ4v) is 2.40. The lowest BCUT2D eigenvalue weighted by Crippen LogP contribution is -2.31. The minimum atomic E-state index is -0.620. The Labute approximate surface area is 147 Å². The van der Waals surface area contributed by atoms with Crippen LogP contribution in [-0.2, 0) is 16.1 Å². The Balaban J connectivity index is 1.92. The molecule has 0 heterocycles. The number of nitriles is 1. The number of carbonyl (C=O) groups is 2. The third-order valence-electron chi connectivity index (χ3n) is 3.89. The number of hydrogen-bond donors (Lipinski definition) is 0. The van der Waals surface area contributed by atoms with E-state index in [1.807, 2.05) is 32.0 Å². The predicted molar refractivity (Wildman–Crippen MR) is 93.8 cm³/mol. The molecular formula is C20H20N2O3. The summed E-state index contributed by atoms with van der Waals surface area (Å²) in [5.74, 6) is -0.907. The Morgan fingerprint density at radius 3 is 2.60 bits per heavy atom. The summed E-state index contributed by atoms with van der Waals surface area (Å²) in [6.07, 6.45) is 0. The van der Waals surface area contributed by atoms with E-state index in [9.17, 15) is 9.59 Å². The lowest BCUT2D eigenvalue weighted by Gasteiger charge is -2.18. The Morgan fingerprint density at radius 1 is 1.16 bits per heavy atom. The normalized spacial score (nSPS) is 10.0. The summed E-state index contributed by atoms with van der Waals surface area (Å²) in [6, 6.07) is 14.2. The van der Waals surface area contributed by atoms with Crippen molar-refractivity contribution in [1.82, 2.24) is 4.90 Å². The fraction of sp³-hybridized carbons (Fsp3) is 0.250. The van der Waals surface area contributed by atoms with Crippen LogP contribution < -0.4 is 0 Å². The van der Waals surface area contributed by atoms with Crippen molar-refractivity contribution in [3.05, 3.63) is 70.3 Å². The van der Waals surface area contributed by atoms with Gasteiger partial charge in [-0.1, -0.05) is 29.8 Å². The van der Waals surface area contributed by atoms with Crippen molar-refractivity contribution < 1.29 is 14.3 Å². The monoisotopic (exact) mass is 336 g/mol. The highest BCUT2D eigenvalue weighted by Crippen LogP contribution is 2.13. The van der Waals surface area contributed by atoms with Crippen LogP contribution in [0.3, 0.4) is 0 Å². The van der Waals surface area contributed by atoms with Crippen molar-refractivity contribution in [1.29, 1.82) is 5.26 Å². The number of amides is 1. The van der Waals surface area contributed by atoms with Gasteiger partial charge in [0, 0.05) is 13.6 Å². The van der Waals surface area contributed by atoms with Gasteiger partial charge in [0.2, 0.25) is 0 Å². The number of rotatable bonds is 5. The minimum Gasteiger partial charge on any atom is -0.452 e. The molecule has 0 N–H and O–H groups in total. The maximum Gasteiger partial charge on any atom is 0.338 e. The number of carbonyl (C=O) groups excluding carboxylic acids is 2. The van der Waals surface area contributed by atoms with Gasteiger partial charge >= 0.3 is 5.97 Å². The molecular weight excluding hydrogens is 316 g/mol. The molecule has 0 aliphatic rings. The summed E-state index contributed by atoms with van der Waals surface area (Å²) in [4.78, 5) is 25.7. The SMILES string of the molecule is Cc1ccc(CN(C)C(=O)COC(=O)c2cccc(C#N)c2)c(C)c1. The molecule has 0 atom stereocenters. The summed E-state index contributed by atoms with van der Waals surface area (Å²) < 4.78 is 5.06. The van der Waals surface area contributed by atoms with E-state index in [0.717, 1.165) is 11.1 Å². The average molecular weight is 336 g/mol. The molecule has 0 fully saturated rings. The Bertz CT molecular complexity index is 837. The van der Waals surface area contributed by atoms with Crippen LogP contribution in [0.15, 0.2) is 42.5 Å². The van der Waals surface area contributed by atoms with E-state index in [0.29, 0.717) is 12.1 Å². The van der Waals surface area contributed by atoms with E-state index in [1.165, 1.54) is 16.5 Å². The van der Waals surface area contributed by atoms with Gasteiger partial charge in [-0.3, -0.25) is 4.79 Å². The van der Waals surface area contributed by atoms with Crippen molar-refractivity contribution in [3.8, 4) is 6.07 Å². The molecule has 0 aromatic heterocycles. The van der Waals surface area contributed by atoms with E-state index in [1.54, 1.807) is 25.2 Å². The van der Waals surface area contributed by atoms with Gasteiger partial charge in [0.05, 0.1) is 17.2 Å². The molecule has 5 heteroatoms. The van der Waals surface area contributed by atoms with Crippen molar-refractivity contribution in [3.63, 3.8) is 0 Å². The summed E-state index contributed by atoms with van der Waals surface area (Å²) in [7, 11) is 1.67. The van der Waals surface area contributed by atoms with Gasteiger partial charge in [-0.15, -0.1) is 0 Å². The fourth-order valence-electron chi connectivity index (χ4n) is 2.40. The van der Waals surface area contributed by atoms with E-state index in [2.05, 4.69) is 6.07 Å². The second-order valence-corrected chi connectivity index (χ2v) is 5.95. The molecule has 0 bridgehead atoms. The first kappa shape index (κ1) is 18.2. The molecule has 2 aromatic carbocycles. The van der Waals surface area contributed by atoms with Crippen LogP contribution in [0.25, 0.3) is 0 Å². The molecule has 0 spiro atoms. The second kappa shape index (κ2) is 8.11. The van der Waals surface area contributed by atoms with Crippen LogP contribution in [0, 0.1) is 25.2 Å². The van der Waals surface area contributed by atoms with Crippen LogP contribution in [0.4, 0.5) is 0 Å². The first-order valence-corrected chi connectivity index (χ1v) is 7.88. The van der Waals surface area contributed by atoms with Gasteiger partial charge in [0.15, 0.2) is 6.61 Å². The molecule has 0 unspecified atom stereocenters. The van der Waals surface area contributed by atoms with E-state index >= 15 is 0 Å². The quantitative estimate of drug-likeness (QED) is 0.787. The number of likely N-dealkylation sites (N-methyl/N-ethyl adjacent to an activating group) is 1. The lowest BCUT2D eigenvalue weighted by molar-refractivity contribution is -0.133. The number of ether oxygens (including phenoxy) is 1. The zero-order chi connectivity index (χ0) is 18.4. The van der Waals surface area contributed by atoms with E-state index in [4.69, 9.17) is 10.00 Å². The van der Waals surface area contributed by atoms with Gasteiger partial charge in [-0.25, -0.2) is 4.79 Å². The Kier molecular flexibility index (Phi) is 5.91. The van der Waals surface area contributed by atoms with Crippen molar-refractivity contribution in [2.75, 3.05) is 13.7 Å². The topological polar surface area (TPSA) is 70.4 Å². The third-order valence-corrected chi connectivity index (χ3v) is 3.89. The molecule has 25 heavy (non-hydrogen) atoms. The first-order valence-electron chi connectivity index (χ1n) is 7.88. The number of hydrogen-bond acceptors (Lipinski definition) is 4. The minimum absolute atomic E-state index is 0.254. The maximum absolute atomic E-state index is 12.2. The summed E-state index contributed by atoms with van der Waals surface area (Å²) in [5, 5.41) is 8.85. The van der Waals surface area contributed by atoms with Crippen LogP contribution in [-0.4, -0.2) is 30.4 Å². The number of aryl methyl sites for hydroxylation is 2. The van der Waals surface area contributed by atoms with E-state index < -0.39 is 5.97 Å². The molecule has 5 nitrogen and oxygen atoms in total. The largest absolute Gasteiger partial charge is 0.452 e. The third kappa shape index (κ3) is 4.92. The van der Waals surface area contributed by atoms with Crippen LogP contribution in [0.1, 0.15) is 32.6 Å². The van der Waals surface area contributed by atoms with Gasteiger partial charge in [0.25, 0.3) is 5.91 Å². The standard InChI is InChI=1S/C20H20N2O3/c1-14-7-8-18(15(2)9-14)12-22(3)19(23)13-25-20(24)17-6-4-5-16(10-17)11-21/h4-10H,12-13H2,1-3H3. The molecule has 0 saturated carbocycles. The van der Waals surface area contributed by atoms with Gasteiger partial charge in [-0.05, 0) is 43.2 Å². The molecule has 128 valence electrons. The van der Waals surface area contributed by atoms with Crippen LogP contribution >= 0.6 is 0 Å². The average Bonchev–Trinajstić information content (AvgIpc) is 2.61. The first-order chi connectivity index (χ1) is 11.9. The highest BCUT2D eigenvalue weighted by Gasteiger charge is 2.15. The number of nitrogens with zero attached hydrogens (tertiary/aromatic N) is 2. The molecule has 1 amide bonds. The van der Waals surface area contributed by atoms with Gasteiger partial charge in [0.1, 0.15) is 0 Å². The Hall–Kier alpha value is -3.13. The highest BCUT2D eigenvalue weighted by atomic mass is 16.5. The number of esters is 1. The molecule has 0 radical (unpaired) electrons. The van der Waals surface area contributed by atoms with Crippen LogP contribution in [0.5, 0.6) is 0 Å². The molecule has 2 rings (SSSR count).